The van der Waals surface area contributed by atoms with E-state index in [0.717, 1.165) is 19.3 Å². The molecule has 2 aromatic rings. The van der Waals surface area contributed by atoms with Crippen LogP contribution in [0.15, 0.2) is 23.5 Å². The Labute approximate surface area is 153 Å². The van der Waals surface area contributed by atoms with E-state index in [4.69, 9.17) is 4.74 Å². The van der Waals surface area contributed by atoms with Gasteiger partial charge in [0.1, 0.15) is 11.0 Å². The maximum absolute atomic E-state index is 13.4. The lowest BCUT2D eigenvalue weighted by Gasteiger charge is -2.47. The van der Waals surface area contributed by atoms with Gasteiger partial charge in [0, 0.05) is 37.3 Å². The largest absolute Gasteiger partial charge is 0.473 e. The Hall–Kier alpha value is -2.00. The Morgan fingerprint density at radius 2 is 1.92 bits per heavy atom. The van der Waals surface area contributed by atoms with Crippen LogP contribution in [0.4, 0.5) is 0 Å². The van der Waals surface area contributed by atoms with E-state index >= 15 is 0 Å². The van der Waals surface area contributed by atoms with Gasteiger partial charge in [-0.1, -0.05) is 6.42 Å². The number of sulfonamides is 1. The third kappa shape index (κ3) is 2.99. The summed E-state index contributed by atoms with van der Waals surface area (Å²) in [6, 6.07) is -0.106. The number of piperidine rings is 2. The fourth-order valence-corrected chi connectivity index (χ4v) is 6.55. The summed E-state index contributed by atoms with van der Waals surface area (Å²) >= 11 is 0. The molecular formula is C17H23N5O3S. The van der Waals surface area contributed by atoms with Crippen LogP contribution in [0.5, 0.6) is 5.88 Å². The minimum Gasteiger partial charge on any atom is -0.473 e. The number of aromatic nitrogens is 4. The van der Waals surface area contributed by atoms with Gasteiger partial charge in [-0.3, -0.25) is 10.1 Å². The molecule has 2 aliphatic rings. The van der Waals surface area contributed by atoms with Gasteiger partial charge in [-0.05, 0) is 26.7 Å². The highest BCUT2D eigenvalue weighted by Crippen LogP contribution is 2.40. The Balaban J connectivity index is 1.60. The van der Waals surface area contributed by atoms with E-state index in [2.05, 4.69) is 20.2 Å². The van der Waals surface area contributed by atoms with Crippen LogP contribution in [0.3, 0.4) is 0 Å². The van der Waals surface area contributed by atoms with Crippen molar-refractivity contribution in [3.8, 4) is 5.88 Å². The highest BCUT2D eigenvalue weighted by Gasteiger charge is 2.46. The van der Waals surface area contributed by atoms with Crippen LogP contribution in [-0.4, -0.2) is 51.1 Å². The van der Waals surface area contributed by atoms with Crippen molar-refractivity contribution in [3.63, 3.8) is 0 Å². The van der Waals surface area contributed by atoms with Crippen LogP contribution >= 0.6 is 0 Å². The summed E-state index contributed by atoms with van der Waals surface area (Å²) in [6.07, 6.45) is 8.84. The summed E-state index contributed by atoms with van der Waals surface area (Å²) in [6.45, 7) is 3.49. The van der Waals surface area contributed by atoms with Crippen molar-refractivity contribution in [3.05, 3.63) is 30.0 Å². The number of aromatic amines is 1. The van der Waals surface area contributed by atoms with Gasteiger partial charge in [-0.25, -0.2) is 13.4 Å². The molecule has 0 aromatic carbocycles. The highest BCUT2D eigenvalue weighted by atomic mass is 32.2. The maximum Gasteiger partial charge on any atom is 0.247 e. The number of hydrogen-bond donors (Lipinski definition) is 1. The van der Waals surface area contributed by atoms with Gasteiger partial charge < -0.3 is 4.74 Å². The topological polar surface area (TPSA) is 101 Å². The molecule has 2 unspecified atom stereocenters. The monoisotopic (exact) mass is 377 g/mol. The zero-order valence-electron chi connectivity index (χ0n) is 14.9. The smallest absolute Gasteiger partial charge is 0.247 e. The molecule has 2 fully saturated rings. The summed E-state index contributed by atoms with van der Waals surface area (Å²) in [7, 11) is -3.58. The fraction of sp³-hybridized carbons (Fsp3) is 0.588. The van der Waals surface area contributed by atoms with E-state index in [0.29, 0.717) is 35.0 Å². The van der Waals surface area contributed by atoms with Gasteiger partial charge >= 0.3 is 0 Å². The predicted molar refractivity (Wildman–Crippen MR) is 94.2 cm³/mol. The van der Waals surface area contributed by atoms with Crippen LogP contribution in [0, 0.1) is 13.8 Å². The molecule has 2 saturated heterocycles. The van der Waals surface area contributed by atoms with Crippen molar-refractivity contribution in [2.75, 3.05) is 0 Å². The molecule has 1 N–H and O–H groups in total. The Morgan fingerprint density at radius 3 is 2.50 bits per heavy atom. The second-order valence-electron chi connectivity index (χ2n) is 7.09. The normalized spacial score (nSPS) is 26.6. The van der Waals surface area contributed by atoms with Gasteiger partial charge in [0.25, 0.3) is 0 Å². The maximum atomic E-state index is 13.4. The summed E-state index contributed by atoms with van der Waals surface area (Å²) in [4.78, 5) is 8.52. The zero-order chi connectivity index (χ0) is 18.3. The molecule has 2 aromatic heterocycles. The molecule has 3 atom stereocenters. The molecule has 8 nitrogen and oxygen atoms in total. The molecule has 4 rings (SSSR count). The Morgan fingerprint density at radius 1 is 1.19 bits per heavy atom. The van der Waals surface area contributed by atoms with Crippen LogP contribution < -0.4 is 4.74 Å². The van der Waals surface area contributed by atoms with E-state index in [1.807, 2.05) is 0 Å². The first kappa shape index (κ1) is 17.4. The lowest BCUT2D eigenvalue weighted by Crippen LogP contribution is -2.56. The van der Waals surface area contributed by atoms with E-state index in [9.17, 15) is 8.42 Å². The second-order valence-corrected chi connectivity index (χ2v) is 8.87. The number of fused-ring (bicyclic) bond motifs is 2. The standard InChI is InChI=1S/C17H23N5O3S/c1-11-17(12(2)21-20-11)26(23,24)22-13-4-3-5-14(22)9-15(8-13)25-16-10-18-6-7-19-16/h6-7,10,13-15H,3-5,8-9H2,1-2H3,(H,20,21)/t13-,14?,15?/m0/s1. The number of aryl methyl sites for hydroxylation is 2. The summed E-state index contributed by atoms with van der Waals surface area (Å²) in [5.74, 6) is 0.494. The molecule has 0 radical (unpaired) electrons. The molecule has 0 aliphatic carbocycles. The Kier molecular flexibility index (Phi) is 4.44. The fourth-order valence-electron chi connectivity index (χ4n) is 4.32. The number of hydrogen-bond acceptors (Lipinski definition) is 6. The van der Waals surface area contributed by atoms with E-state index in [1.54, 1.807) is 36.7 Å². The summed E-state index contributed by atoms with van der Waals surface area (Å²) in [5, 5.41) is 6.86. The summed E-state index contributed by atoms with van der Waals surface area (Å²) in [5.41, 5.74) is 1.12. The molecule has 4 heterocycles. The lowest BCUT2D eigenvalue weighted by molar-refractivity contribution is 0.0329. The second kappa shape index (κ2) is 6.62. The van der Waals surface area contributed by atoms with Crippen LogP contribution in [0.1, 0.15) is 43.5 Å². The third-order valence-electron chi connectivity index (χ3n) is 5.29. The molecule has 0 saturated carbocycles. The molecule has 0 spiro atoms. The quantitative estimate of drug-likeness (QED) is 0.874. The SMILES string of the molecule is Cc1n[nH]c(C)c1S(=O)(=O)N1C2CCC[C@H]1CC(Oc1cnccn1)C2. The minimum atomic E-state index is -3.58. The van der Waals surface area contributed by atoms with Crippen molar-refractivity contribution < 1.29 is 13.2 Å². The number of ether oxygens (including phenoxy) is 1. The van der Waals surface area contributed by atoms with Crippen molar-refractivity contribution >= 4 is 10.0 Å². The number of nitrogens with zero attached hydrogens (tertiary/aromatic N) is 4. The Bertz CT molecular complexity index is 850. The lowest BCUT2D eigenvalue weighted by atomic mass is 9.85. The highest BCUT2D eigenvalue weighted by molar-refractivity contribution is 7.89. The van der Waals surface area contributed by atoms with Gasteiger partial charge in [0.15, 0.2) is 0 Å². The van der Waals surface area contributed by atoms with Gasteiger partial charge in [0.05, 0.1) is 17.6 Å². The van der Waals surface area contributed by atoms with Crippen LogP contribution in [0.2, 0.25) is 0 Å². The number of nitrogens with one attached hydrogen (secondary N) is 1. The zero-order valence-corrected chi connectivity index (χ0v) is 15.7. The van der Waals surface area contributed by atoms with Gasteiger partial charge in [-0.15, -0.1) is 0 Å². The third-order valence-corrected chi connectivity index (χ3v) is 7.56. The van der Waals surface area contributed by atoms with E-state index < -0.39 is 10.0 Å². The molecular weight excluding hydrogens is 354 g/mol. The summed E-state index contributed by atoms with van der Waals surface area (Å²) < 4.78 is 34.4. The molecule has 9 heteroatoms. The first-order chi connectivity index (χ1) is 12.5. The van der Waals surface area contributed by atoms with Gasteiger partial charge in [0.2, 0.25) is 15.9 Å². The molecule has 0 amide bonds. The van der Waals surface area contributed by atoms with Gasteiger partial charge in [-0.2, -0.15) is 9.40 Å². The number of H-pyrrole nitrogens is 1. The first-order valence-corrected chi connectivity index (χ1v) is 10.4. The average Bonchev–Trinajstić information content (AvgIpc) is 2.94. The van der Waals surface area contributed by atoms with E-state index in [1.165, 1.54) is 0 Å². The first-order valence-electron chi connectivity index (χ1n) is 8.94. The minimum absolute atomic E-state index is 0.0417. The molecule has 26 heavy (non-hydrogen) atoms. The van der Waals surface area contributed by atoms with Crippen molar-refractivity contribution in [2.45, 2.75) is 69.0 Å². The van der Waals surface area contributed by atoms with Crippen LogP contribution in [-0.2, 0) is 10.0 Å². The van der Waals surface area contributed by atoms with E-state index in [-0.39, 0.29) is 18.2 Å². The van der Waals surface area contributed by atoms with Crippen molar-refractivity contribution in [2.24, 2.45) is 0 Å². The molecule has 2 bridgehead atoms. The van der Waals surface area contributed by atoms with Crippen molar-refractivity contribution in [1.82, 2.24) is 24.5 Å². The van der Waals surface area contributed by atoms with Crippen LogP contribution in [0.25, 0.3) is 0 Å². The average molecular weight is 377 g/mol. The predicted octanol–water partition coefficient (Wildman–Crippen LogP) is 1.97. The van der Waals surface area contributed by atoms with Crippen molar-refractivity contribution in [1.29, 1.82) is 0 Å². The number of rotatable bonds is 4. The molecule has 2 aliphatic heterocycles. The molecule has 140 valence electrons.